The molecule has 1 saturated heterocycles. The second-order valence-electron chi connectivity index (χ2n) is 10.4. The fraction of sp³-hybridized carbons (Fsp3) is 0.531. The molecule has 1 heterocycles. The molecule has 0 aromatic heterocycles. The molecule has 2 aromatic rings. The number of nitrogens with zero attached hydrogens (tertiary/aromatic N) is 1. The van der Waals surface area contributed by atoms with Gasteiger partial charge in [-0.05, 0) is 67.9 Å². The molecule has 3 amide bonds. The third-order valence-corrected chi connectivity index (χ3v) is 6.86. The lowest BCUT2D eigenvalue weighted by Gasteiger charge is -2.29. The highest BCUT2D eigenvalue weighted by atomic mass is 16.5. The van der Waals surface area contributed by atoms with Crippen LogP contribution in [0, 0.1) is 17.8 Å². The van der Waals surface area contributed by atoms with Gasteiger partial charge < -0.3 is 20.7 Å². The van der Waals surface area contributed by atoms with E-state index in [0.29, 0.717) is 38.1 Å². The first-order valence-corrected chi connectivity index (χ1v) is 14.5. The van der Waals surface area contributed by atoms with Gasteiger partial charge in [-0.3, -0.25) is 14.4 Å². The summed E-state index contributed by atoms with van der Waals surface area (Å²) in [7, 11) is 0. The highest BCUT2D eigenvalue weighted by Gasteiger charge is 2.35. The summed E-state index contributed by atoms with van der Waals surface area (Å²) in [5.74, 6) is -0.165. The topological polar surface area (TPSA) is 102 Å². The monoisotopic (exact) mass is 537 g/mol. The molecule has 0 spiro atoms. The highest BCUT2D eigenvalue weighted by molar-refractivity contribution is 5.91. The number of likely N-dealkylation sites (tertiary alicyclic amines) is 1. The Morgan fingerprint density at radius 3 is 2.36 bits per heavy atom. The number of rotatable bonds is 12. The first kappa shape index (κ1) is 31.9. The standard InChI is InChI=1S/C30H41N3O4.C2H6/c1-4-11-25(28(31)34)26(18-21(2)3)29(35)32-27-16-8-9-17-33(30(27)36)20-22-12-10-15-24(19-22)37-23-13-6-5-7-14-23;1-2/h5-7,10,12-15,19,21,25-27H,4,8-9,11,16-18,20H2,1-3H3,(H2,31,34)(H,32,35);1-2H3/t25-,26+,27-;/m0./s1. The lowest BCUT2D eigenvalue weighted by molar-refractivity contribution is -0.139. The molecule has 0 bridgehead atoms. The molecule has 1 aliphatic heterocycles. The van der Waals surface area contributed by atoms with Crippen molar-refractivity contribution in [3.8, 4) is 11.5 Å². The molecule has 0 saturated carbocycles. The molecule has 7 heteroatoms. The maximum absolute atomic E-state index is 13.5. The van der Waals surface area contributed by atoms with E-state index in [0.717, 1.165) is 30.6 Å². The molecule has 3 rings (SSSR count). The van der Waals surface area contributed by atoms with Crippen molar-refractivity contribution in [3.63, 3.8) is 0 Å². The number of hydrogen-bond donors (Lipinski definition) is 2. The summed E-state index contributed by atoms with van der Waals surface area (Å²) in [5, 5.41) is 3.01. The van der Waals surface area contributed by atoms with Crippen molar-refractivity contribution in [1.29, 1.82) is 0 Å². The van der Waals surface area contributed by atoms with Crippen LogP contribution in [0.5, 0.6) is 11.5 Å². The van der Waals surface area contributed by atoms with Gasteiger partial charge in [-0.15, -0.1) is 0 Å². The van der Waals surface area contributed by atoms with Gasteiger partial charge in [0.2, 0.25) is 17.7 Å². The minimum Gasteiger partial charge on any atom is -0.457 e. The van der Waals surface area contributed by atoms with Gasteiger partial charge in [0.15, 0.2) is 0 Å². The minimum atomic E-state index is -0.608. The summed E-state index contributed by atoms with van der Waals surface area (Å²) in [4.78, 5) is 40.9. The van der Waals surface area contributed by atoms with E-state index in [1.54, 1.807) is 0 Å². The Balaban J connectivity index is 0.00000260. The Bertz CT molecular complexity index is 1040. The predicted molar refractivity (Wildman–Crippen MR) is 156 cm³/mol. The fourth-order valence-electron chi connectivity index (χ4n) is 5.04. The molecular weight excluding hydrogens is 490 g/mol. The third kappa shape index (κ3) is 10.0. The number of primary amides is 1. The number of ether oxygens (including phenoxy) is 1. The molecule has 39 heavy (non-hydrogen) atoms. The van der Waals surface area contributed by atoms with Gasteiger partial charge in [-0.1, -0.05) is 71.4 Å². The quantitative estimate of drug-likeness (QED) is 0.343. The van der Waals surface area contributed by atoms with E-state index >= 15 is 0 Å². The molecule has 214 valence electrons. The molecule has 0 unspecified atom stereocenters. The highest BCUT2D eigenvalue weighted by Crippen LogP contribution is 2.27. The third-order valence-electron chi connectivity index (χ3n) is 6.86. The van der Waals surface area contributed by atoms with Crippen LogP contribution in [0.1, 0.15) is 78.7 Å². The lowest BCUT2D eigenvalue weighted by atomic mass is 9.81. The molecule has 3 N–H and O–H groups in total. The van der Waals surface area contributed by atoms with Crippen LogP contribution in [-0.4, -0.2) is 35.2 Å². The SMILES string of the molecule is CC.CCC[C@H](C(N)=O)[C@@H](CC(C)C)C(=O)N[C@H]1CCCCN(Cc2cccc(Oc3ccccc3)c2)C1=O. The molecule has 1 aliphatic rings. The maximum atomic E-state index is 13.5. The zero-order valence-corrected chi connectivity index (χ0v) is 24.3. The van der Waals surface area contributed by atoms with Crippen molar-refractivity contribution in [1.82, 2.24) is 10.2 Å². The van der Waals surface area contributed by atoms with E-state index in [9.17, 15) is 14.4 Å². The Labute approximate surface area is 234 Å². The normalized spacial score (nSPS) is 16.9. The average molecular weight is 538 g/mol. The van der Waals surface area contributed by atoms with E-state index in [1.165, 1.54) is 0 Å². The van der Waals surface area contributed by atoms with Crippen molar-refractivity contribution in [2.45, 2.75) is 85.7 Å². The molecular formula is C32H47N3O4. The molecule has 0 aliphatic carbocycles. The van der Waals surface area contributed by atoms with Crippen LogP contribution in [0.15, 0.2) is 54.6 Å². The molecule has 1 fully saturated rings. The first-order valence-electron chi connectivity index (χ1n) is 14.5. The van der Waals surface area contributed by atoms with E-state index in [4.69, 9.17) is 10.5 Å². The average Bonchev–Trinajstić information content (AvgIpc) is 3.08. The summed E-state index contributed by atoms with van der Waals surface area (Å²) < 4.78 is 5.95. The van der Waals surface area contributed by atoms with Gasteiger partial charge in [0.1, 0.15) is 17.5 Å². The summed E-state index contributed by atoms with van der Waals surface area (Å²) >= 11 is 0. The number of para-hydroxylation sites is 1. The molecule has 0 radical (unpaired) electrons. The maximum Gasteiger partial charge on any atom is 0.245 e. The van der Waals surface area contributed by atoms with Crippen molar-refractivity contribution in [2.75, 3.05) is 6.54 Å². The van der Waals surface area contributed by atoms with Crippen molar-refractivity contribution < 1.29 is 19.1 Å². The van der Waals surface area contributed by atoms with E-state index in [-0.39, 0.29) is 17.7 Å². The van der Waals surface area contributed by atoms with Gasteiger partial charge in [0.25, 0.3) is 0 Å². The Morgan fingerprint density at radius 1 is 1.03 bits per heavy atom. The van der Waals surface area contributed by atoms with Crippen LogP contribution in [-0.2, 0) is 20.9 Å². The first-order chi connectivity index (χ1) is 18.8. The smallest absolute Gasteiger partial charge is 0.245 e. The number of carbonyl (C=O) groups is 3. The summed E-state index contributed by atoms with van der Waals surface area (Å²) in [5.41, 5.74) is 6.65. The minimum absolute atomic E-state index is 0.0883. The van der Waals surface area contributed by atoms with E-state index in [2.05, 4.69) is 5.32 Å². The Hall–Kier alpha value is -3.35. The number of hydrogen-bond acceptors (Lipinski definition) is 4. The molecule has 3 atom stereocenters. The van der Waals surface area contributed by atoms with Gasteiger partial charge in [-0.25, -0.2) is 0 Å². The number of amides is 3. The predicted octanol–water partition coefficient (Wildman–Crippen LogP) is 6.07. The van der Waals surface area contributed by atoms with Crippen LogP contribution in [0.2, 0.25) is 0 Å². The van der Waals surface area contributed by atoms with Crippen molar-refractivity contribution >= 4 is 17.7 Å². The zero-order valence-electron chi connectivity index (χ0n) is 24.3. The summed E-state index contributed by atoms with van der Waals surface area (Å²) in [6.45, 7) is 11.1. The lowest BCUT2D eigenvalue weighted by Crippen LogP contribution is -2.50. The summed E-state index contributed by atoms with van der Waals surface area (Å²) in [6.07, 6.45) is 4.17. The Morgan fingerprint density at radius 2 is 1.72 bits per heavy atom. The van der Waals surface area contributed by atoms with Crippen molar-refractivity contribution in [3.05, 3.63) is 60.2 Å². The Kier molecular flexibility index (Phi) is 13.5. The number of nitrogens with one attached hydrogen (secondary N) is 1. The van der Waals surface area contributed by atoms with Gasteiger partial charge in [0, 0.05) is 24.9 Å². The van der Waals surface area contributed by atoms with Crippen LogP contribution in [0.25, 0.3) is 0 Å². The summed E-state index contributed by atoms with van der Waals surface area (Å²) in [6, 6.07) is 16.7. The second kappa shape index (κ2) is 16.6. The van der Waals surface area contributed by atoms with Crippen LogP contribution < -0.4 is 15.8 Å². The van der Waals surface area contributed by atoms with E-state index in [1.807, 2.05) is 94.1 Å². The van der Waals surface area contributed by atoms with Gasteiger partial charge in [-0.2, -0.15) is 0 Å². The molecule has 7 nitrogen and oxygen atoms in total. The van der Waals surface area contributed by atoms with Gasteiger partial charge >= 0.3 is 0 Å². The number of carbonyl (C=O) groups excluding carboxylic acids is 3. The van der Waals surface area contributed by atoms with Crippen LogP contribution >= 0.6 is 0 Å². The largest absolute Gasteiger partial charge is 0.457 e. The molecule has 2 aromatic carbocycles. The fourth-order valence-corrected chi connectivity index (χ4v) is 5.04. The van der Waals surface area contributed by atoms with E-state index < -0.39 is 23.8 Å². The number of benzene rings is 2. The van der Waals surface area contributed by atoms with Crippen molar-refractivity contribution in [2.24, 2.45) is 23.5 Å². The number of nitrogens with two attached hydrogens (primary N) is 1. The zero-order chi connectivity index (χ0) is 28.8. The van der Waals surface area contributed by atoms with Crippen LogP contribution in [0.3, 0.4) is 0 Å². The second-order valence-corrected chi connectivity index (χ2v) is 10.4. The van der Waals surface area contributed by atoms with Crippen LogP contribution in [0.4, 0.5) is 0 Å². The van der Waals surface area contributed by atoms with Gasteiger partial charge in [0.05, 0.1) is 0 Å².